The third-order valence-electron chi connectivity index (χ3n) is 3.72. The number of nitrogens with zero attached hydrogens (tertiary/aromatic N) is 2. The van der Waals surface area contributed by atoms with E-state index in [1.165, 1.54) is 0 Å². The van der Waals surface area contributed by atoms with E-state index in [4.69, 9.17) is 0 Å². The minimum Gasteiger partial charge on any atom is -0.392 e. The summed E-state index contributed by atoms with van der Waals surface area (Å²) >= 11 is 0. The quantitative estimate of drug-likeness (QED) is 0.801. The van der Waals surface area contributed by atoms with Crippen LogP contribution in [0.3, 0.4) is 0 Å². The van der Waals surface area contributed by atoms with E-state index in [2.05, 4.69) is 31.2 Å². The van der Waals surface area contributed by atoms with Gasteiger partial charge in [0.1, 0.15) is 0 Å². The summed E-state index contributed by atoms with van der Waals surface area (Å²) in [5, 5.41) is 17.4. The van der Waals surface area contributed by atoms with Gasteiger partial charge in [0.15, 0.2) is 0 Å². The van der Waals surface area contributed by atoms with Crippen molar-refractivity contribution >= 4 is 0 Å². The Morgan fingerprint density at radius 2 is 2.38 bits per heavy atom. The Morgan fingerprint density at radius 1 is 1.62 bits per heavy atom. The first-order valence-corrected chi connectivity index (χ1v) is 5.91. The van der Waals surface area contributed by atoms with Crippen LogP contribution < -0.4 is 5.32 Å². The second-order valence-corrected chi connectivity index (χ2v) is 5.42. The number of nitrogens with one attached hydrogen (secondary N) is 1. The number of aromatic nitrogens is 2. The van der Waals surface area contributed by atoms with Crippen LogP contribution in [-0.2, 0) is 6.54 Å². The molecule has 90 valence electrons. The summed E-state index contributed by atoms with van der Waals surface area (Å²) < 4.78 is 1.93. The van der Waals surface area contributed by atoms with Crippen molar-refractivity contribution in [3.63, 3.8) is 0 Å². The van der Waals surface area contributed by atoms with Gasteiger partial charge in [-0.05, 0) is 19.4 Å². The third-order valence-corrected chi connectivity index (χ3v) is 3.72. The zero-order chi connectivity index (χ0) is 11.8. The van der Waals surface area contributed by atoms with Crippen LogP contribution in [0.2, 0.25) is 0 Å². The lowest BCUT2D eigenvalue weighted by molar-refractivity contribution is -0.0758. The van der Waals surface area contributed by atoms with Crippen molar-refractivity contribution in [2.45, 2.75) is 51.9 Å². The molecule has 0 spiro atoms. The van der Waals surface area contributed by atoms with Crippen LogP contribution in [0.15, 0.2) is 18.5 Å². The van der Waals surface area contributed by atoms with E-state index in [0.717, 1.165) is 13.0 Å². The zero-order valence-electron chi connectivity index (χ0n) is 10.2. The second-order valence-electron chi connectivity index (χ2n) is 5.42. The van der Waals surface area contributed by atoms with Gasteiger partial charge in [-0.15, -0.1) is 0 Å². The Bertz CT molecular complexity index is 334. The molecule has 0 radical (unpaired) electrons. The van der Waals surface area contributed by atoms with E-state index in [-0.39, 0.29) is 11.5 Å². The number of aliphatic hydroxyl groups is 1. The smallest absolute Gasteiger partial charge is 0.0621 e. The van der Waals surface area contributed by atoms with E-state index >= 15 is 0 Å². The van der Waals surface area contributed by atoms with Crippen LogP contribution in [0.1, 0.15) is 27.2 Å². The molecule has 4 heteroatoms. The first-order chi connectivity index (χ1) is 7.50. The average molecular weight is 223 g/mol. The molecular weight excluding hydrogens is 202 g/mol. The molecule has 2 N–H and O–H groups in total. The maximum atomic E-state index is 9.66. The van der Waals surface area contributed by atoms with Crippen LogP contribution in [0.5, 0.6) is 0 Å². The van der Waals surface area contributed by atoms with E-state index in [1.54, 1.807) is 6.20 Å². The minimum atomic E-state index is -0.165. The average Bonchev–Trinajstić information content (AvgIpc) is 2.70. The van der Waals surface area contributed by atoms with Crippen molar-refractivity contribution in [3.05, 3.63) is 18.5 Å². The van der Waals surface area contributed by atoms with Crippen molar-refractivity contribution in [3.8, 4) is 0 Å². The summed E-state index contributed by atoms with van der Waals surface area (Å²) in [4.78, 5) is 0. The van der Waals surface area contributed by atoms with E-state index in [9.17, 15) is 5.11 Å². The summed E-state index contributed by atoms with van der Waals surface area (Å²) in [6, 6.07) is 2.72. The molecule has 1 heterocycles. The SMILES string of the molecule is CC(Cn1cccn1)NC1CC(O)C1(C)C. The van der Waals surface area contributed by atoms with Crippen molar-refractivity contribution in [2.24, 2.45) is 5.41 Å². The van der Waals surface area contributed by atoms with E-state index in [0.29, 0.717) is 12.1 Å². The highest BCUT2D eigenvalue weighted by molar-refractivity contribution is 5.02. The van der Waals surface area contributed by atoms with E-state index in [1.807, 2.05) is 16.9 Å². The molecule has 16 heavy (non-hydrogen) atoms. The van der Waals surface area contributed by atoms with Gasteiger partial charge in [0.25, 0.3) is 0 Å². The second kappa shape index (κ2) is 4.18. The Morgan fingerprint density at radius 3 is 2.88 bits per heavy atom. The van der Waals surface area contributed by atoms with E-state index < -0.39 is 0 Å². The molecule has 0 saturated heterocycles. The standard InChI is InChI=1S/C12H21N3O/c1-9(8-15-6-4-5-13-15)14-10-7-11(16)12(10,2)3/h4-6,9-11,14,16H,7-8H2,1-3H3. The lowest BCUT2D eigenvalue weighted by atomic mass is 9.64. The number of hydrogen-bond acceptors (Lipinski definition) is 3. The molecule has 3 unspecified atom stereocenters. The molecule has 1 aromatic heterocycles. The Hall–Kier alpha value is -0.870. The molecule has 0 aliphatic heterocycles. The molecule has 3 atom stereocenters. The molecular formula is C12H21N3O. The van der Waals surface area contributed by atoms with Crippen molar-refractivity contribution in [2.75, 3.05) is 0 Å². The van der Waals surface area contributed by atoms with Crippen LogP contribution in [0.25, 0.3) is 0 Å². The Kier molecular flexibility index (Phi) is 3.04. The molecule has 0 aromatic carbocycles. The van der Waals surface area contributed by atoms with Crippen LogP contribution >= 0.6 is 0 Å². The van der Waals surface area contributed by atoms with Crippen LogP contribution in [-0.4, -0.2) is 33.1 Å². The first-order valence-electron chi connectivity index (χ1n) is 5.91. The van der Waals surface area contributed by atoms with Gasteiger partial charge in [-0.25, -0.2) is 0 Å². The highest BCUT2D eigenvalue weighted by Gasteiger charge is 2.47. The molecule has 1 aliphatic rings. The molecule has 1 aromatic rings. The van der Waals surface area contributed by atoms with Crippen LogP contribution in [0.4, 0.5) is 0 Å². The highest BCUT2D eigenvalue weighted by Crippen LogP contribution is 2.40. The monoisotopic (exact) mass is 223 g/mol. The van der Waals surface area contributed by atoms with Gasteiger partial charge in [-0.1, -0.05) is 13.8 Å². The van der Waals surface area contributed by atoms with Crippen molar-refractivity contribution in [1.82, 2.24) is 15.1 Å². The maximum Gasteiger partial charge on any atom is 0.0621 e. The summed E-state index contributed by atoms with van der Waals surface area (Å²) in [7, 11) is 0. The predicted molar refractivity (Wildman–Crippen MR) is 63.0 cm³/mol. The van der Waals surface area contributed by atoms with Gasteiger partial charge in [0.2, 0.25) is 0 Å². The number of hydrogen-bond donors (Lipinski definition) is 2. The molecule has 0 bridgehead atoms. The fourth-order valence-electron chi connectivity index (χ4n) is 2.27. The first kappa shape index (κ1) is 11.6. The van der Waals surface area contributed by atoms with Gasteiger partial charge < -0.3 is 10.4 Å². The summed E-state index contributed by atoms with van der Waals surface area (Å²) in [5.41, 5.74) is -0.00161. The van der Waals surface area contributed by atoms with Crippen molar-refractivity contribution in [1.29, 1.82) is 0 Å². The van der Waals surface area contributed by atoms with Gasteiger partial charge in [0.05, 0.1) is 12.6 Å². The maximum absolute atomic E-state index is 9.66. The molecule has 0 amide bonds. The number of aliphatic hydroxyl groups excluding tert-OH is 1. The molecule has 2 rings (SSSR count). The van der Waals surface area contributed by atoms with Gasteiger partial charge in [-0.3, -0.25) is 4.68 Å². The molecule has 1 fully saturated rings. The largest absolute Gasteiger partial charge is 0.392 e. The molecule has 1 saturated carbocycles. The topological polar surface area (TPSA) is 50.1 Å². The number of rotatable bonds is 4. The van der Waals surface area contributed by atoms with Gasteiger partial charge in [-0.2, -0.15) is 5.10 Å². The lowest BCUT2D eigenvalue weighted by Crippen LogP contribution is -2.62. The molecule has 1 aliphatic carbocycles. The van der Waals surface area contributed by atoms with Gasteiger partial charge in [0, 0.05) is 29.9 Å². The van der Waals surface area contributed by atoms with Gasteiger partial charge >= 0.3 is 0 Å². The zero-order valence-corrected chi connectivity index (χ0v) is 10.2. The Labute approximate surface area is 96.7 Å². The minimum absolute atomic E-state index is 0.00161. The summed E-state index contributed by atoms with van der Waals surface area (Å²) in [6.07, 6.45) is 4.46. The predicted octanol–water partition coefficient (Wildman–Crippen LogP) is 1.02. The Balaban J connectivity index is 1.82. The molecule has 4 nitrogen and oxygen atoms in total. The van der Waals surface area contributed by atoms with Crippen molar-refractivity contribution < 1.29 is 5.11 Å². The van der Waals surface area contributed by atoms with Crippen LogP contribution in [0, 0.1) is 5.41 Å². The fraction of sp³-hybridized carbons (Fsp3) is 0.750. The lowest BCUT2D eigenvalue weighted by Gasteiger charge is -2.50. The summed E-state index contributed by atoms with van der Waals surface area (Å²) in [5.74, 6) is 0. The highest BCUT2D eigenvalue weighted by atomic mass is 16.3. The third kappa shape index (κ3) is 2.13. The normalized spacial score (nSPS) is 29.8. The fourth-order valence-corrected chi connectivity index (χ4v) is 2.27. The summed E-state index contributed by atoms with van der Waals surface area (Å²) in [6.45, 7) is 7.25.